The van der Waals surface area contributed by atoms with Gasteiger partial charge in [0.05, 0.1) is 0 Å². The normalized spacial score (nSPS) is 22.3. The summed E-state index contributed by atoms with van der Waals surface area (Å²) >= 11 is 0. The summed E-state index contributed by atoms with van der Waals surface area (Å²) in [6.07, 6.45) is 0.718. The Bertz CT molecular complexity index is 519. The van der Waals surface area contributed by atoms with Gasteiger partial charge in [-0.05, 0) is 17.0 Å². The number of hydrogen-bond donors (Lipinski definition) is 0. The second-order valence-corrected chi connectivity index (χ2v) is 5.42. The molecule has 1 aliphatic rings. The SMILES string of the molecule is C[C@@H]1C(=O)C[C@@H]1C(c1ccccc1)c1ccccc1. The standard InChI is InChI=1S/C18H18O/c1-13-16(12-17(13)19)18(14-8-4-2-5-9-14)15-10-6-3-7-11-15/h2-11,13,16,18H,12H2,1H3/t13-,16-/m0/s1. The summed E-state index contributed by atoms with van der Waals surface area (Å²) in [5.41, 5.74) is 2.64. The predicted octanol–water partition coefficient (Wildman–Crippen LogP) is 4.04. The molecule has 3 rings (SSSR count). The molecule has 0 amide bonds. The molecule has 19 heavy (non-hydrogen) atoms. The van der Waals surface area contributed by atoms with Crippen LogP contribution in [0.15, 0.2) is 60.7 Å². The molecule has 0 aliphatic heterocycles. The van der Waals surface area contributed by atoms with Gasteiger partial charge in [-0.3, -0.25) is 4.79 Å². The zero-order valence-electron chi connectivity index (χ0n) is 11.1. The third-order valence-corrected chi connectivity index (χ3v) is 4.33. The minimum Gasteiger partial charge on any atom is -0.299 e. The number of hydrogen-bond acceptors (Lipinski definition) is 1. The van der Waals surface area contributed by atoms with E-state index in [4.69, 9.17) is 0 Å². The zero-order chi connectivity index (χ0) is 13.2. The summed E-state index contributed by atoms with van der Waals surface area (Å²) in [7, 11) is 0. The van der Waals surface area contributed by atoms with Crippen molar-refractivity contribution in [3.63, 3.8) is 0 Å². The fourth-order valence-electron chi connectivity index (χ4n) is 3.09. The maximum atomic E-state index is 11.6. The van der Waals surface area contributed by atoms with Crippen molar-refractivity contribution in [3.05, 3.63) is 71.8 Å². The lowest BCUT2D eigenvalue weighted by Crippen LogP contribution is -2.39. The van der Waals surface area contributed by atoms with Crippen LogP contribution < -0.4 is 0 Å². The molecule has 0 saturated heterocycles. The van der Waals surface area contributed by atoms with Crippen LogP contribution in [0.2, 0.25) is 0 Å². The molecule has 2 aromatic rings. The Hall–Kier alpha value is -1.89. The van der Waals surface area contributed by atoms with E-state index in [1.165, 1.54) is 11.1 Å². The first-order chi connectivity index (χ1) is 9.27. The van der Waals surface area contributed by atoms with Crippen LogP contribution in [-0.4, -0.2) is 5.78 Å². The first-order valence-corrected chi connectivity index (χ1v) is 6.90. The van der Waals surface area contributed by atoms with E-state index >= 15 is 0 Å². The Morgan fingerprint density at radius 1 is 0.895 bits per heavy atom. The van der Waals surface area contributed by atoms with Gasteiger partial charge in [-0.25, -0.2) is 0 Å². The van der Waals surface area contributed by atoms with Crippen LogP contribution in [0, 0.1) is 11.8 Å². The molecule has 0 heterocycles. The number of rotatable bonds is 3. The molecular weight excluding hydrogens is 232 g/mol. The summed E-state index contributed by atoms with van der Waals surface area (Å²) in [5.74, 6) is 1.37. The second kappa shape index (κ2) is 5.00. The molecule has 1 heteroatoms. The molecule has 96 valence electrons. The Kier molecular flexibility index (Phi) is 3.20. The van der Waals surface area contributed by atoms with Crippen molar-refractivity contribution in [2.24, 2.45) is 11.8 Å². The maximum Gasteiger partial charge on any atom is 0.136 e. The average molecular weight is 250 g/mol. The largest absolute Gasteiger partial charge is 0.299 e. The van der Waals surface area contributed by atoms with Gasteiger partial charge in [0.25, 0.3) is 0 Å². The van der Waals surface area contributed by atoms with Crippen LogP contribution in [-0.2, 0) is 4.79 Å². The monoisotopic (exact) mass is 250 g/mol. The highest BCUT2D eigenvalue weighted by atomic mass is 16.1. The summed E-state index contributed by atoms with van der Waals surface area (Å²) in [6.45, 7) is 2.06. The zero-order valence-corrected chi connectivity index (χ0v) is 11.1. The van der Waals surface area contributed by atoms with Gasteiger partial charge in [-0.1, -0.05) is 67.6 Å². The van der Waals surface area contributed by atoms with E-state index < -0.39 is 0 Å². The first kappa shape index (κ1) is 12.2. The molecule has 1 aliphatic carbocycles. The van der Waals surface area contributed by atoms with Gasteiger partial charge < -0.3 is 0 Å². The minimum atomic E-state index is 0.186. The Morgan fingerprint density at radius 2 is 1.37 bits per heavy atom. The third kappa shape index (κ3) is 2.21. The molecule has 0 unspecified atom stereocenters. The van der Waals surface area contributed by atoms with Gasteiger partial charge in [0, 0.05) is 18.3 Å². The van der Waals surface area contributed by atoms with Crippen molar-refractivity contribution in [2.45, 2.75) is 19.3 Å². The lowest BCUT2D eigenvalue weighted by Gasteiger charge is -2.39. The van der Waals surface area contributed by atoms with Crippen molar-refractivity contribution in [1.82, 2.24) is 0 Å². The van der Waals surface area contributed by atoms with Crippen molar-refractivity contribution in [2.75, 3.05) is 0 Å². The van der Waals surface area contributed by atoms with E-state index in [1.54, 1.807) is 0 Å². The van der Waals surface area contributed by atoms with Gasteiger partial charge in [0.2, 0.25) is 0 Å². The van der Waals surface area contributed by atoms with Crippen molar-refractivity contribution in [3.8, 4) is 0 Å². The van der Waals surface area contributed by atoms with E-state index in [0.717, 1.165) is 6.42 Å². The molecule has 0 N–H and O–H groups in total. The minimum absolute atomic E-state index is 0.186. The van der Waals surface area contributed by atoms with Gasteiger partial charge in [0.1, 0.15) is 5.78 Å². The van der Waals surface area contributed by atoms with E-state index in [1.807, 2.05) is 12.1 Å². The molecule has 2 aromatic carbocycles. The molecule has 2 atom stereocenters. The van der Waals surface area contributed by atoms with Crippen LogP contribution >= 0.6 is 0 Å². The summed E-state index contributed by atoms with van der Waals surface area (Å²) in [6, 6.07) is 21.1. The molecule has 0 radical (unpaired) electrons. The van der Waals surface area contributed by atoms with Crippen LogP contribution in [0.25, 0.3) is 0 Å². The second-order valence-electron chi connectivity index (χ2n) is 5.42. The van der Waals surface area contributed by atoms with Gasteiger partial charge in [-0.15, -0.1) is 0 Å². The number of ketones is 1. The number of carbonyl (C=O) groups is 1. The van der Waals surface area contributed by atoms with Gasteiger partial charge in [-0.2, -0.15) is 0 Å². The molecule has 0 aromatic heterocycles. The summed E-state index contributed by atoms with van der Waals surface area (Å²) in [5, 5.41) is 0. The van der Waals surface area contributed by atoms with Crippen LogP contribution in [0.3, 0.4) is 0 Å². The van der Waals surface area contributed by atoms with E-state index in [-0.39, 0.29) is 5.92 Å². The van der Waals surface area contributed by atoms with Crippen molar-refractivity contribution < 1.29 is 4.79 Å². The summed E-state index contributed by atoms with van der Waals surface area (Å²) < 4.78 is 0. The van der Waals surface area contributed by atoms with E-state index in [0.29, 0.717) is 17.6 Å². The number of Topliss-reactive ketones (excluding diaryl/α,β-unsaturated/α-hetero) is 1. The van der Waals surface area contributed by atoms with E-state index in [9.17, 15) is 4.79 Å². The Morgan fingerprint density at radius 3 is 1.74 bits per heavy atom. The fourth-order valence-corrected chi connectivity index (χ4v) is 3.09. The highest BCUT2D eigenvalue weighted by Crippen LogP contribution is 2.44. The molecular formula is C18H18O. The lowest BCUT2D eigenvalue weighted by atomic mass is 9.63. The topological polar surface area (TPSA) is 17.1 Å². The van der Waals surface area contributed by atoms with Crippen LogP contribution in [0.5, 0.6) is 0 Å². The van der Waals surface area contributed by atoms with Gasteiger partial charge in [0.15, 0.2) is 0 Å². The molecule has 1 saturated carbocycles. The van der Waals surface area contributed by atoms with Crippen molar-refractivity contribution >= 4 is 5.78 Å². The highest BCUT2D eigenvalue weighted by molar-refractivity contribution is 5.87. The highest BCUT2D eigenvalue weighted by Gasteiger charge is 2.41. The maximum absolute atomic E-state index is 11.6. The quantitative estimate of drug-likeness (QED) is 0.803. The molecule has 0 bridgehead atoms. The van der Waals surface area contributed by atoms with Gasteiger partial charge >= 0.3 is 0 Å². The summed E-state index contributed by atoms with van der Waals surface area (Å²) in [4.78, 5) is 11.6. The number of benzene rings is 2. The third-order valence-electron chi connectivity index (χ3n) is 4.33. The Labute approximate surface area is 114 Å². The molecule has 1 fully saturated rings. The fraction of sp³-hybridized carbons (Fsp3) is 0.278. The number of carbonyl (C=O) groups excluding carboxylic acids is 1. The van der Waals surface area contributed by atoms with Crippen molar-refractivity contribution in [1.29, 1.82) is 0 Å². The smallest absolute Gasteiger partial charge is 0.136 e. The average Bonchev–Trinajstić information content (AvgIpc) is 2.49. The van der Waals surface area contributed by atoms with Crippen LogP contribution in [0.4, 0.5) is 0 Å². The molecule has 1 nitrogen and oxygen atoms in total. The predicted molar refractivity (Wildman–Crippen MR) is 77.0 cm³/mol. The molecule has 0 spiro atoms. The lowest BCUT2D eigenvalue weighted by molar-refractivity contribution is -0.133. The van der Waals surface area contributed by atoms with Crippen LogP contribution in [0.1, 0.15) is 30.4 Å². The first-order valence-electron chi connectivity index (χ1n) is 6.90. The van der Waals surface area contributed by atoms with E-state index in [2.05, 4.69) is 55.5 Å². The Balaban J connectivity index is 2.00.